The molecule has 0 aromatic heterocycles. The van der Waals surface area contributed by atoms with Crippen molar-refractivity contribution in [3.63, 3.8) is 0 Å². The van der Waals surface area contributed by atoms with Crippen LogP contribution in [0, 0.1) is 0 Å². The maximum absolute atomic E-state index is 12.4. The molecule has 1 aliphatic rings. The van der Waals surface area contributed by atoms with Gasteiger partial charge in [0.1, 0.15) is 0 Å². The van der Waals surface area contributed by atoms with E-state index in [1.807, 2.05) is 0 Å². The van der Waals surface area contributed by atoms with Crippen LogP contribution in [0.15, 0.2) is 24.3 Å². The first-order valence-corrected chi connectivity index (χ1v) is 7.16. The van der Waals surface area contributed by atoms with Gasteiger partial charge in [-0.15, -0.1) is 0 Å². The number of rotatable bonds is 2. The fourth-order valence-corrected chi connectivity index (χ4v) is 3.83. The van der Waals surface area contributed by atoms with Crippen LogP contribution in [0.1, 0.15) is 12.0 Å². The number of alkyl halides is 3. The molecule has 1 aliphatic heterocycles. The third-order valence-corrected chi connectivity index (χ3v) is 5.41. The smallest absolute Gasteiger partial charge is 0.329 e. The molecule has 0 bridgehead atoms. The molecule has 0 amide bonds. The van der Waals surface area contributed by atoms with Crippen molar-refractivity contribution in [1.82, 2.24) is 0 Å². The van der Waals surface area contributed by atoms with E-state index in [0.717, 1.165) is 16.4 Å². The second-order valence-corrected chi connectivity index (χ2v) is 6.45. The predicted molar refractivity (Wildman–Crippen MR) is 65.2 cm³/mol. The molecular weight excluding hydrogens is 281 g/mol. The van der Waals surface area contributed by atoms with E-state index >= 15 is 0 Å². The van der Waals surface area contributed by atoms with Crippen LogP contribution in [-0.2, 0) is 16.2 Å². The number of nitrogens with two attached hydrogens (primary N) is 1. The average molecular weight is 294 g/mol. The highest BCUT2D eigenvalue weighted by atomic mass is 32.2. The van der Waals surface area contributed by atoms with Gasteiger partial charge in [-0.25, -0.2) is 8.42 Å². The van der Waals surface area contributed by atoms with Crippen molar-refractivity contribution in [2.75, 3.05) is 17.4 Å². The number of sulfonamides is 1. The summed E-state index contributed by atoms with van der Waals surface area (Å²) in [7, 11) is -3.55. The SMILES string of the molecule is NCC1CCN(c2ccc(C(F)(F)F)cc2)S1(=O)=O. The van der Waals surface area contributed by atoms with Crippen LogP contribution in [0.2, 0.25) is 0 Å². The summed E-state index contributed by atoms with van der Waals surface area (Å²) in [5.41, 5.74) is 4.81. The molecular formula is C11H13F3N2O2S. The van der Waals surface area contributed by atoms with Crippen LogP contribution >= 0.6 is 0 Å². The summed E-state index contributed by atoms with van der Waals surface area (Å²) in [6, 6.07) is 4.08. The molecule has 1 aromatic rings. The monoisotopic (exact) mass is 294 g/mol. The van der Waals surface area contributed by atoms with Gasteiger partial charge in [0.15, 0.2) is 0 Å². The summed E-state index contributed by atoms with van der Waals surface area (Å²) >= 11 is 0. The van der Waals surface area contributed by atoms with Crippen molar-refractivity contribution in [3.05, 3.63) is 29.8 Å². The molecule has 1 saturated heterocycles. The van der Waals surface area contributed by atoms with Gasteiger partial charge in [-0.3, -0.25) is 4.31 Å². The third kappa shape index (κ3) is 2.55. The molecule has 4 nitrogen and oxygen atoms in total. The normalized spacial score (nSPS) is 22.7. The lowest BCUT2D eigenvalue weighted by Gasteiger charge is -2.19. The molecule has 0 radical (unpaired) electrons. The van der Waals surface area contributed by atoms with Crippen LogP contribution in [-0.4, -0.2) is 26.8 Å². The summed E-state index contributed by atoms with van der Waals surface area (Å²) in [6.45, 7) is 0.259. The van der Waals surface area contributed by atoms with Gasteiger partial charge in [0.2, 0.25) is 10.0 Å². The second-order valence-electron chi connectivity index (χ2n) is 4.31. The number of benzene rings is 1. The number of hydrogen-bond donors (Lipinski definition) is 1. The maximum atomic E-state index is 12.4. The van der Waals surface area contributed by atoms with E-state index in [1.54, 1.807) is 0 Å². The Balaban J connectivity index is 2.30. The molecule has 8 heteroatoms. The number of halogens is 3. The molecule has 0 aliphatic carbocycles. The Morgan fingerprint density at radius 1 is 1.26 bits per heavy atom. The van der Waals surface area contributed by atoms with E-state index in [0.29, 0.717) is 6.42 Å². The highest BCUT2D eigenvalue weighted by Gasteiger charge is 2.38. The van der Waals surface area contributed by atoms with Gasteiger partial charge in [0, 0.05) is 13.1 Å². The molecule has 1 aromatic carbocycles. The van der Waals surface area contributed by atoms with Gasteiger partial charge in [0.05, 0.1) is 16.5 Å². The molecule has 106 valence electrons. The zero-order chi connectivity index (χ0) is 14.3. The van der Waals surface area contributed by atoms with Crippen LogP contribution in [0.25, 0.3) is 0 Å². The third-order valence-electron chi connectivity index (χ3n) is 3.13. The fourth-order valence-electron chi connectivity index (χ4n) is 2.05. The van der Waals surface area contributed by atoms with Crippen LogP contribution < -0.4 is 10.0 Å². The number of anilines is 1. The molecule has 1 fully saturated rings. The van der Waals surface area contributed by atoms with E-state index in [2.05, 4.69) is 0 Å². The van der Waals surface area contributed by atoms with E-state index in [-0.39, 0.29) is 18.8 Å². The van der Waals surface area contributed by atoms with E-state index < -0.39 is 27.0 Å². The second kappa shape index (κ2) is 4.68. The van der Waals surface area contributed by atoms with Gasteiger partial charge in [-0.1, -0.05) is 0 Å². The van der Waals surface area contributed by atoms with Crippen molar-refractivity contribution in [2.45, 2.75) is 17.8 Å². The van der Waals surface area contributed by atoms with Gasteiger partial charge in [-0.05, 0) is 30.7 Å². The average Bonchev–Trinajstić information content (AvgIpc) is 2.63. The Labute approximate surface area is 109 Å². The maximum Gasteiger partial charge on any atom is 0.416 e. The van der Waals surface area contributed by atoms with E-state index in [9.17, 15) is 21.6 Å². The molecule has 1 heterocycles. The van der Waals surface area contributed by atoms with Crippen LogP contribution in [0.3, 0.4) is 0 Å². The molecule has 2 N–H and O–H groups in total. The van der Waals surface area contributed by atoms with E-state index in [1.165, 1.54) is 12.1 Å². The van der Waals surface area contributed by atoms with Gasteiger partial charge in [-0.2, -0.15) is 13.2 Å². The summed E-state index contributed by atoms with van der Waals surface area (Å²) in [5.74, 6) is 0. The Kier molecular flexibility index (Phi) is 3.48. The van der Waals surface area contributed by atoms with Crippen LogP contribution in [0.4, 0.5) is 18.9 Å². The zero-order valence-corrected chi connectivity index (χ0v) is 10.7. The van der Waals surface area contributed by atoms with E-state index in [4.69, 9.17) is 5.73 Å². The molecule has 0 spiro atoms. The minimum Gasteiger partial charge on any atom is -0.329 e. The topological polar surface area (TPSA) is 63.4 Å². The van der Waals surface area contributed by atoms with Crippen molar-refractivity contribution >= 4 is 15.7 Å². The number of nitrogens with zero attached hydrogens (tertiary/aromatic N) is 1. The molecule has 19 heavy (non-hydrogen) atoms. The van der Waals surface area contributed by atoms with Crippen molar-refractivity contribution in [3.8, 4) is 0 Å². The molecule has 2 rings (SSSR count). The van der Waals surface area contributed by atoms with Crippen molar-refractivity contribution in [2.24, 2.45) is 5.73 Å². The summed E-state index contributed by atoms with van der Waals surface area (Å²) in [6.07, 6.45) is -4.04. The lowest BCUT2D eigenvalue weighted by atomic mass is 10.2. The highest BCUT2D eigenvalue weighted by Crippen LogP contribution is 2.33. The molecule has 0 saturated carbocycles. The highest BCUT2D eigenvalue weighted by molar-refractivity contribution is 7.93. The van der Waals surface area contributed by atoms with Gasteiger partial charge >= 0.3 is 6.18 Å². The Hall–Kier alpha value is -1.28. The molecule has 1 unspecified atom stereocenters. The van der Waals surface area contributed by atoms with Crippen molar-refractivity contribution in [1.29, 1.82) is 0 Å². The quantitative estimate of drug-likeness (QED) is 0.900. The Bertz CT molecular complexity index is 554. The first-order chi connectivity index (χ1) is 8.76. The van der Waals surface area contributed by atoms with Crippen LogP contribution in [0.5, 0.6) is 0 Å². The minimum atomic E-state index is -4.43. The van der Waals surface area contributed by atoms with Gasteiger partial charge < -0.3 is 5.73 Å². The fraction of sp³-hybridized carbons (Fsp3) is 0.455. The lowest BCUT2D eigenvalue weighted by molar-refractivity contribution is -0.137. The largest absolute Gasteiger partial charge is 0.416 e. The standard InChI is InChI=1S/C11H13F3N2O2S/c12-11(13,14)8-1-3-9(4-2-8)16-6-5-10(7-15)19(16,17)18/h1-4,10H,5-7,15H2. The Morgan fingerprint density at radius 3 is 2.26 bits per heavy atom. The summed E-state index contributed by atoms with van der Waals surface area (Å²) in [4.78, 5) is 0. The van der Waals surface area contributed by atoms with Gasteiger partial charge in [0.25, 0.3) is 0 Å². The first-order valence-electron chi connectivity index (χ1n) is 5.65. The van der Waals surface area contributed by atoms with Crippen molar-refractivity contribution < 1.29 is 21.6 Å². The minimum absolute atomic E-state index is 0.0134. The predicted octanol–water partition coefficient (Wildman–Crippen LogP) is 1.57. The zero-order valence-electron chi connectivity index (χ0n) is 9.89. The lowest BCUT2D eigenvalue weighted by Crippen LogP contribution is -2.33. The molecule has 1 atom stereocenters. The summed E-state index contributed by atoms with van der Waals surface area (Å²) < 4.78 is 62.4. The number of hydrogen-bond acceptors (Lipinski definition) is 3. The first kappa shape index (κ1) is 14.1. The summed E-state index contributed by atoms with van der Waals surface area (Å²) in [5, 5.41) is -0.658. The Morgan fingerprint density at radius 2 is 1.84 bits per heavy atom.